The standard InChI is InChI=1S/C5H11NO2S.CH3NO2/c1-6(2)4(3-9)5(7)8;2-1(3)4/h4,9H,3H2,1-2H3,(H,7,8);2H2,(H,3,4)/t4-;/m0./s1. The van der Waals surface area contributed by atoms with Crippen molar-refractivity contribution in [3.05, 3.63) is 0 Å². The molecule has 0 rings (SSSR count). The number of nitrogens with two attached hydrogens (primary N) is 1. The maximum Gasteiger partial charge on any atom is 0.402 e. The van der Waals surface area contributed by atoms with Crippen molar-refractivity contribution in [1.82, 2.24) is 4.90 Å². The van der Waals surface area contributed by atoms with E-state index in [-0.39, 0.29) is 0 Å². The molecule has 1 amide bonds. The van der Waals surface area contributed by atoms with Crippen LogP contribution in [0.25, 0.3) is 0 Å². The molecule has 0 aliphatic rings. The molecule has 7 heteroatoms. The van der Waals surface area contributed by atoms with E-state index < -0.39 is 18.1 Å². The van der Waals surface area contributed by atoms with Gasteiger partial charge in [0.15, 0.2) is 0 Å². The number of hydrogen-bond donors (Lipinski definition) is 4. The molecule has 0 aliphatic heterocycles. The Hall–Kier alpha value is -0.950. The molecule has 0 heterocycles. The Balaban J connectivity index is 0. The molecule has 0 aromatic rings. The van der Waals surface area contributed by atoms with Gasteiger partial charge in [-0.3, -0.25) is 9.69 Å². The van der Waals surface area contributed by atoms with E-state index in [1.54, 1.807) is 19.0 Å². The van der Waals surface area contributed by atoms with Crippen molar-refractivity contribution in [2.24, 2.45) is 5.73 Å². The van der Waals surface area contributed by atoms with Crippen LogP contribution in [0.2, 0.25) is 0 Å². The molecular formula is C6H14N2O4S. The summed E-state index contributed by atoms with van der Waals surface area (Å²) in [5.74, 6) is -0.475. The summed E-state index contributed by atoms with van der Waals surface area (Å²) in [7, 11) is 3.43. The maximum absolute atomic E-state index is 10.3. The molecule has 0 fully saturated rings. The van der Waals surface area contributed by atoms with Crippen LogP contribution in [0.5, 0.6) is 0 Å². The smallest absolute Gasteiger partial charge is 0.402 e. The van der Waals surface area contributed by atoms with Crippen molar-refractivity contribution in [2.75, 3.05) is 19.8 Å². The molecule has 0 bridgehead atoms. The minimum atomic E-state index is -1.33. The second-order valence-corrected chi connectivity index (χ2v) is 2.70. The number of rotatable bonds is 3. The maximum atomic E-state index is 10.3. The number of likely N-dealkylation sites (N-methyl/N-ethyl adjacent to an activating group) is 1. The van der Waals surface area contributed by atoms with Gasteiger partial charge >= 0.3 is 12.1 Å². The Morgan fingerprint density at radius 1 is 1.46 bits per heavy atom. The molecule has 0 aromatic carbocycles. The fraction of sp³-hybridized carbons (Fsp3) is 0.667. The van der Waals surface area contributed by atoms with Crippen LogP contribution in [0, 0.1) is 0 Å². The number of amides is 1. The van der Waals surface area contributed by atoms with Crippen LogP contribution in [0.3, 0.4) is 0 Å². The first kappa shape index (κ1) is 14.6. The van der Waals surface area contributed by atoms with Gasteiger partial charge in [-0.2, -0.15) is 12.6 Å². The van der Waals surface area contributed by atoms with Gasteiger partial charge in [0.2, 0.25) is 0 Å². The Bertz CT molecular complexity index is 170. The van der Waals surface area contributed by atoms with Gasteiger partial charge in [-0.25, -0.2) is 4.79 Å². The molecule has 0 saturated carbocycles. The number of primary amides is 1. The summed E-state index contributed by atoms with van der Waals surface area (Å²) in [4.78, 5) is 20.7. The monoisotopic (exact) mass is 210 g/mol. The first-order valence-corrected chi connectivity index (χ1v) is 3.94. The third-order valence-electron chi connectivity index (χ3n) is 1.08. The molecule has 0 aromatic heterocycles. The van der Waals surface area contributed by atoms with E-state index >= 15 is 0 Å². The Morgan fingerprint density at radius 2 is 1.77 bits per heavy atom. The number of carboxylic acid groups (broad SMARTS) is 2. The molecule has 4 N–H and O–H groups in total. The molecule has 0 aliphatic carbocycles. The van der Waals surface area contributed by atoms with Crippen LogP contribution in [0.4, 0.5) is 4.79 Å². The van der Waals surface area contributed by atoms with Crippen molar-refractivity contribution in [1.29, 1.82) is 0 Å². The van der Waals surface area contributed by atoms with E-state index in [1.165, 1.54) is 0 Å². The third kappa shape index (κ3) is 11.0. The molecule has 1 atom stereocenters. The zero-order valence-electron chi connectivity index (χ0n) is 7.47. The zero-order valence-corrected chi connectivity index (χ0v) is 8.36. The van der Waals surface area contributed by atoms with E-state index in [2.05, 4.69) is 18.4 Å². The normalized spacial score (nSPS) is 11.4. The summed E-state index contributed by atoms with van der Waals surface area (Å²) in [6, 6.07) is -0.465. The second-order valence-electron chi connectivity index (χ2n) is 2.34. The molecule has 13 heavy (non-hydrogen) atoms. The van der Waals surface area contributed by atoms with E-state index in [4.69, 9.17) is 15.0 Å². The average molecular weight is 210 g/mol. The van der Waals surface area contributed by atoms with Gasteiger partial charge in [0.25, 0.3) is 0 Å². The number of hydrogen-bond acceptors (Lipinski definition) is 4. The fourth-order valence-electron chi connectivity index (χ4n) is 0.462. The van der Waals surface area contributed by atoms with Crippen molar-refractivity contribution < 1.29 is 19.8 Å². The summed E-state index contributed by atoms with van der Waals surface area (Å²) in [6.45, 7) is 0. The zero-order chi connectivity index (χ0) is 11.0. The summed E-state index contributed by atoms with van der Waals surface area (Å²) in [5.41, 5.74) is 4.03. The van der Waals surface area contributed by atoms with Gasteiger partial charge in [-0.05, 0) is 14.1 Å². The Kier molecular flexibility index (Phi) is 8.61. The minimum Gasteiger partial charge on any atom is -0.480 e. The average Bonchev–Trinajstić information content (AvgIpc) is 1.84. The molecule has 6 nitrogen and oxygen atoms in total. The van der Waals surface area contributed by atoms with Crippen LogP contribution in [0.15, 0.2) is 0 Å². The molecule has 0 radical (unpaired) electrons. The minimum absolute atomic E-state index is 0.350. The van der Waals surface area contributed by atoms with Crippen LogP contribution in [0.1, 0.15) is 0 Å². The number of aliphatic carboxylic acids is 1. The van der Waals surface area contributed by atoms with Gasteiger partial charge in [0, 0.05) is 5.75 Å². The van der Waals surface area contributed by atoms with Crippen molar-refractivity contribution in [3.8, 4) is 0 Å². The largest absolute Gasteiger partial charge is 0.480 e. The molecule has 78 valence electrons. The highest BCUT2D eigenvalue weighted by Gasteiger charge is 2.16. The summed E-state index contributed by atoms with van der Waals surface area (Å²) >= 11 is 3.87. The number of nitrogens with zero attached hydrogens (tertiary/aromatic N) is 1. The highest BCUT2D eigenvalue weighted by atomic mass is 32.1. The first-order valence-electron chi connectivity index (χ1n) is 3.31. The van der Waals surface area contributed by atoms with Crippen molar-refractivity contribution in [2.45, 2.75) is 6.04 Å². The lowest BCUT2D eigenvalue weighted by Gasteiger charge is -2.16. The van der Waals surface area contributed by atoms with Crippen molar-refractivity contribution >= 4 is 24.7 Å². The van der Waals surface area contributed by atoms with Crippen LogP contribution in [-0.2, 0) is 4.79 Å². The van der Waals surface area contributed by atoms with Crippen LogP contribution < -0.4 is 5.73 Å². The predicted octanol–water partition coefficient (Wildman–Crippen LogP) is -0.446. The fourth-order valence-corrected chi connectivity index (χ4v) is 0.945. The molecule has 0 spiro atoms. The third-order valence-corrected chi connectivity index (χ3v) is 1.43. The number of thiol groups is 1. The number of carboxylic acids is 1. The summed E-state index contributed by atoms with van der Waals surface area (Å²) < 4.78 is 0. The van der Waals surface area contributed by atoms with Gasteiger partial charge < -0.3 is 15.9 Å². The highest BCUT2D eigenvalue weighted by molar-refractivity contribution is 7.80. The van der Waals surface area contributed by atoms with E-state index in [1.807, 2.05) is 0 Å². The SMILES string of the molecule is CN(C)[C@@H](CS)C(=O)O.NC(=O)O. The highest BCUT2D eigenvalue weighted by Crippen LogP contribution is 1.94. The molecule has 0 saturated heterocycles. The van der Waals surface area contributed by atoms with E-state index in [0.29, 0.717) is 5.75 Å². The molecular weight excluding hydrogens is 196 g/mol. The van der Waals surface area contributed by atoms with E-state index in [9.17, 15) is 4.79 Å². The van der Waals surface area contributed by atoms with Gasteiger partial charge in [0.05, 0.1) is 0 Å². The Labute approximate surface area is 81.7 Å². The predicted molar refractivity (Wildman–Crippen MR) is 51.2 cm³/mol. The lowest BCUT2D eigenvalue weighted by atomic mass is 10.3. The van der Waals surface area contributed by atoms with Gasteiger partial charge in [0.1, 0.15) is 6.04 Å². The van der Waals surface area contributed by atoms with Crippen LogP contribution >= 0.6 is 12.6 Å². The summed E-state index contributed by atoms with van der Waals surface area (Å²) in [5, 5.41) is 15.6. The lowest BCUT2D eigenvalue weighted by molar-refractivity contribution is -0.141. The lowest BCUT2D eigenvalue weighted by Crippen LogP contribution is -2.37. The Morgan fingerprint density at radius 3 is 1.77 bits per heavy atom. The first-order chi connectivity index (χ1) is 5.82. The topological polar surface area (TPSA) is 104 Å². The quantitative estimate of drug-likeness (QED) is 0.472. The van der Waals surface area contributed by atoms with Crippen LogP contribution in [-0.4, -0.2) is 53.1 Å². The molecule has 0 unspecified atom stereocenters. The second kappa shape index (κ2) is 7.69. The summed E-state index contributed by atoms with van der Waals surface area (Å²) in [6.07, 6.45) is -1.33. The number of carbonyl (C=O) groups is 2. The van der Waals surface area contributed by atoms with Gasteiger partial charge in [-0.1, -0.05) is 0 Å². The van der Waals surface area contributed by atoms with Gasteiger partial charge in [-0.15, -0.1) is 0 Å². The van der Waals surface area contributed by atoms with Crippen molar-refractivity contribution in [3.63, 3.8) is 0 Å². The van der Waals surface area contributed by atoms with E-state index in [0.717, 1.165) is 0 Å².